The number of carbonyl (C=O) groups is 1. The van der Waals surface area contributed by atoms with Crippen molar-refractivity contribution in [2.75, 3.05) is 0 Å². The van der Waals surface area contributed by atoms with Crippen molar-refractivity contribution in [2.45, 2.75) is 26.4 Å². The van der Waals surface area contributed by atoms with Crippen molar-refractivity contribution in [1.29, 1.82) is 0 Å². The minimum atomic E-state index is -0.439. The number of carbonyl (C=O) groups excluding carboxylic acids is 1. The van der Waals surface area contributed by atoms with Gasteiger partial charge >= 0.3 is 0 Å². The van der Waals surface area contributed by atoms with Gasteiger partial charge in [0, 0.05) is 18.2 Å². The summed E-state index contributed by atoms with van der Waals surface area (Å²) in [4.78, 5) is 11.1. The molecule has 0 saturated carbocycles. The van der Waals surface area contributed by atoms with Gasteiger partial charge in [-0.25, -0.2) is 4.39 Å². The number of nitrogens with one attached hydrogen (secondary N) is 1. The fraction of sp³-hybridized carbons (Fsp3) is 0.235. The molecular weight excluding hydrogens is 267 g/mol. The van der Waals surface area contributed by atoms with Gasteiger partial charge in [-0.2, -0.15) is 0 Å². The van der Waals surface area contributed by atoms with Crippen LogP contribution < -0.4 is 11.1 Å². The molecule has 0 radical (unpaired) electrons. The Morgan fingerprint density at radius 3 is 2.71 bits per heavy atom. The lowest BCUT2D eigenvalue weighted by Crippen LogP contribution is -2.19. The van der Waals surface area contributed by atoms with E-state index in [4.69, 9.17) is 5.73 Å². The zero-order valence-corrected chi connectivity index (χ0v) is 12.2. The van der Waals surface area contributed by atoms with Gasteiger partial charge in [0.25, 0.3) is 0 Å². The first-order valence-corrected chi connectivity index (χ1v) is 6.85. The lowest BCUT2D eigenvalue weighted by molar-refractivity contribution is 0.1000. The molecule has 0 bridgehead atoms. The molecule has 0 fully saturated rings. The van der Waals surface area contributed by atoms with Crippen molar-refractivity contribution >= 4 is 5.91 Å². The Balaban J connectivity index is 2.03. The molecule has 0 aromatic heterocycles. The Morgan fingerprint density at radius 2 is 2.05 bits per heavy atom. The van der Waals surface area contributed by atoms with Crippen LogP contribution in [0.4, 0.5) is 4.39 Å². The molecule has 1 unspecified atom stereocenters. The zero-order chi connectivity index (χ0) is 15.4. The summed E-state index contributed by atoms with van der Waals surface area (Å²) in [6, 6.07) is 12.4. The average Bonchev–Trinajstić information content (AvgIpc) is 2.48. The second-order valence-electron chi connectivity index (χ2n) is 5.18. The fourth-order valence-electron chi connectivity index (χ4n) is 2.10. The first-order valence-electron chi connectivity index (χ1n) is 6.85. The summed E-state index contributed by atoms with van der Waals surface area (Å²) in [5.41, 5.74) is 8.24. The Hall–Kier alpha value is -2.20. The van der Waals surface area contributed by atoms with E-state index in [2.05, 4.69) is 5.32 Å². The Bertz CT molecular complexity index is 655. The molecule has 21 heavy (non-hydrogen) atoms. The minimum absolute atomic E-state index is 0.0114. The van der Waals surface area contributed by atoms with Gasteiger partial charge in [-0.05, 0) is 48.7 Å². The highest BCUT2D eigenvalue weighted by atomic mass is 19.1. The van der Waals surface area contributed by atoms with Crippen LogP contribution in [0.2, 0.25) is 0 Å². The van der Waals surface area contributed by atoms with E-state index in [1.807, 2.05) is 19.1 Å². The molecule has 1 atom stereocenters. The SMILES string of the molecule is Cc1ccc(C(C)NCc2cccc(C(N)=O)c2)cc1F. The molecule has 4 heteroatoms. The second kappa shape index (κ2) is 6.50. The van der Waals surface area contributed by atoms with Gasteiger partial charge in [-0.15, -0.1) is 0 Å². The van der Waals surface area contributed by atoms with Crippen LogP contribution in [0.1, 0.15) is 40.0 Å². The first kappa shape index (κ1) is 15.2. The maximum Gasteiger partial charge on any atom is 0.248 e. The number of aryl methyl sites for hydroxylation is 1. The second-order valence-corrected chi connectivity index (χ2v) is 5.18. The van der Waals surface area contributed by atoms with E-state index >= 15 is 0 Å². The van der Waals surface area contributed by atoms with E-state index in [0.29, 0.717) is 17.7 Å². The van der Waals surface area contributed by atoms with Gasteiger partial charge < -0.3 is 11.1 Å². The number of benzene rings is 2. The maximum atomic E-state index is 13.6. The van der Waals surface area contributed by atoms with Crippen molar-refractivity contribution in [3.8, 4) is 0 Å². The molecule has 0 aliphatic carbocycles. The van der Waals surface area contributed by atoms with E-state index in [9.17, 15) is 9.18 Å². The molecule has 3 nitrogen and oxygen atoms in total. The van der Waals surface area contributed by atoms with Gasteiger partial charge in [0.15, 0.2) is 0 Å². The Labute approximate surface area is 124 Å². The van der Waals surface area contributed by atoms with E-state index in [1.165, 1.54) is 0 Å². The van der Waals surface area contributed by atoms with Crippen molar-refractivity contribution in [2.24, 2.45) is 5.73 Å². The van der Waals surface area contributed by atoms with Crippen LogP contribution in [0.25, 0.3) is 0 Å². The van der Waals surface area contributed by atoms with Gasteiger partial charge in [0.2, 0.25) is 5.91 Å². The Morgan fingerprint density at radius 1 is 1.29 bits per heavy atom. The third kappa shape index (κ3) is 3.89. The highest BCUT2D eigenvalue weighted by Gasteiger charge is 2.08. The summed E-state index contributed by atoms with van der Waals surface area (Å²) in [5.74, 6) is -0.637. The largest absolute Gasteiger partial charge is 0.366 e. The van der Waals surface area contributed by atoms with Crippen LogP contribution >= 0.6 is 0 Å². The van der Waals surface area contributed by atoms with Crippen LogP contribution in [-0.2, 0) is 6.54 Å². The maximum absolute atomic E-state index is 13.6. The summed E-state index contributed by atoms with van der Waals surface area (Å²) in [5, 5.41) is 3.31. The van der Waals surface area contributed by atoms with Crippen LogP contribution in [-0.4, -0.2) is 5.91 Å². The lowest BCUT2D eigenvalue weighted by Gasteiger charge is -2.15. The highest BCUT2D eigenvalue weighted by Crippen LogP contribution is 2.17. The topological polar surface area (TPSA) is 55.1 Å². The number of halogens is 1. The van der Waals surface area contributed by atoms with E-state index in [-0.39, 0.29) is 11.9 Å². The predicted octanol–water partition coefficient (Wildman–Crippen LogP) is 3.08. The smallest absolute Gasteiger partial charge is 0.248 e. The highest BCUT2D eigenvalue weighted by molar-refractivity contribution is 5.92. The molecule has 0 aliphatic rings. The molecule has 0 spiro atoms. The van der Waals surface area contributed by atoms with Gasteiger partial charge in [0.1, 0.15) is 5.82 Å². The monoisotopic (exact) mass is 286 g/mol. The van der Waals surface area contributed by atoms with E-state index < -0.39 is 5.91 Å². The number of primary amides is 1. The van der Waals surface area contributed by atoms with Crippen molar-refractivity contribution in [1.82, 2.24) is 5.32 Å². The Kier molecular flexibility index (Phi) is 4.70. The summed E-state index contributed by atoms with van der Waals surface area (Å²) in [7, 11) is 0. The summed E-state index contributed by atoms with van der Waals surface area (Å²) >= 11 is 0. The number of nitrogens with two attached hydrogens (primary N) is 1. The molecule has 2 rings (SSSR count). The third-order valence-electron chi connectivity index (χ3n) is 3.52. The molecular formula is C17H19FN2O. The van der Waals surface area contributed by atoms with Crippen LogP contribution in [0, 0.1) is 12.7 Å². The quantitative estimate of drug-likeness (QED) is 0.887. The molecule has 3 N–H and O–H groups in total. The standard InChI is InChI=1S/C17H19FN2O/c1-11-6-7-14(9-16(11)18)12(2)20-10-13-4-3-5-15(8-13)17(19)21/h3-9,12,20H,10H2,1-2H3,(H2,19,21). The number of hydrogen-bond acceptors (Lipinski definition) is 2. The number of hydrogen-bond donors (Lipinski definition) is 2. The summed E-state index contributed by atoms with van der Waals surface area (Å²) in [6.07, 6.45) is 0. The third-order valence-corrected chi connectivity index (χ3v) is 3.52. The molecule has 2 aromatic carbocycles. The zero-order valence-electron chi connectivity index (χ0n) is 12.2. The molecule has 2 aromatic rings. The lowest BCUT2D eigenvalue weighted by atomic mass is 10.1. The first-order chi connectivity index (χ1) is 9.97. The molecule has 1 amide bonds. The normalized spacial score (nSPS) is 12.1. The molecule has 0 aliphatic heterocycles. The molecule has 110 valence electrons. The number of rotatable bonds is 5. The summed E-state index contributed by atoms with van der Waals surface area (Å²) in [6.45, 7) is 4.30. The van der Waals surface area contributed by atoms with Gasteiger partial charge in [-0.3, -0.25) is 4.79 Å². The average molecular weight is 286 g/mol. The fourth-order valence-corrected chi connectivity index (χ4v) is 2.10. The van der Waals surface area contributed by atoms with Crippen LogP contribution in [0.15, 0.2) is 42.5 Å². The molecule has 0 saturated heterocycles. The van der Waals surface area contributed by atoms with Crippen molar-refractivity contribution in [3.63, 3.8) is 0 Å². The van der Waals surface area contributed by atoms with Gasteiger partial charge in [-0.1, -0.05) is 24.3 Å². The van der Waals surface area contributed by atoms with E-state index in [1.54, 1.807) is 37.3 Å². The number of amides is 1. The van der Waals surface area contributed by atoms with Crippen molar-refractivity contribution in [3.05, 3.63) is 70.5 Å². The van der Waals surface area contributed by atoms with Gasteiger partial charge in [0.05, 0.1) is 0 Å². The van der Waals surface area contributed by atoms with Crippen LogP contribution in [0.3, 0.4) is 0 Å². The minimum Gasteiger partial charge on any atom is -0.366 e. The van der Waals surface area contributed by atoms with Crippen LogP contribution in [0.5, 0.6) is 0 Å². The molecule has 0 heterocycles. The van der Waals surface area contributed by atoms with Crippen molar-refractivity contribution < 1.29 is 9.18 Å². The van der Waals surface area contributed by atoms with E-state index in [0.717, 1.165) is 11.1 Å². The summed E-state index contributed by atoms with van der Waals surface area (Å²) < 4.78 is 13.6. The predicted molar refractivity (Wildman–Crippen MR) is 81.4 cm³/mol.